The van der Waals surface area contributed by atoms with Gasteiger partial charge in [0.2, 0.25) is 0 Å². The molecule has 17 heavy (non-hydrogen) atoms. The van der Waals surface area contributed by atoms with E-state index in [0.717, 1.165) is 11.9 Å². The Bertz CT molecular complexity index is 548. The van der Waals surface area contributed by atoms with E-state index in [0.29, 0.717) is 24.0 Å². The van der Waals surface area contributed by atoms with Gasteiger partial charge in [-0.15, -0.1) is 0 Å². The maximum Gasteiger partial charge on any atom is 0.161 e. The molecule has 3 nitrogen and oxygen atoms in total. The summed E-state index contributed by atoms with van der Waals surface area (Å²) in [7, 11) is 0. The van der Waals surface area contributed by atoms with Crippen LogP contribution in [0.25, 0.3) is 11.0 Å². The molecule has 5 heteroatoms. The van der Waals surface area contributed by atoms with E-state index < -0.39 is 11.6 Å². The van der Waals surface area contributed by atoms with Crippen molar-refractivity contribution in [1.29, 1.82) is 0 Å². The summed E-state index contributed by atoms with van der Waals surface area (Å²) in [6.07, 6.45) is 0.697. The zero-order valence-corrected chi connectivity index (χ0v) is 9.87. The summed E-state index contributed by atoms with van der Waals surface area (Å²) in [6, 6.07) is 2.33. The van der Waals surface area contributed by atoms with Crippen LogP contribution in [0.5, 0.6) is 0 Å². The molecule has 0 amide bonds. The first-order valence-corrected chi connectivity index (χ1v) is 5.64. The highest BCUT2D eigenvalue weighted by Gasteiger charge is 2.16. The van der Waals surface area contributed by atoms with Crippen LogP contribution in [0, 0.1) is 11.6 Å². The topological polar surface area (TPSA) is 43.8 Å². The number of hydrogen-bond donors (Lipinski definition) is 1. The Kier molecular flexibility index (Phi) is 3.11. The maximum absolute atomic E-state index is 13.3. The third-order valence-electron chi connectivity index (χ3n) is 2.90. The van der Waals surface area contributed by atoms with Gasteiger partial charge < -0.3 is 10.3 Å². The van der Waals surface area contributed by atoms with Crippen molar-refractivity contribution in [1.82, 2.24) is 9.55 Å². The van der Waals surface area contributed by atoms with Crippen molar-refractivity contribution in [3.05, 3.63) is 29.6 Å². The van der Waals surface area contributed by atoms with Crippen molar-refractivity contribution in [3.63, 3.8) is 0 Å². The van der Waals surface area contributed by atoms with Gasteiger partial charge >= 0.3 is 0 Å². The second-order valence-electron chi connectivity index (χ2n) is 4.09. The van der Waals surface area contributed by atoms with Gasteiger partial charge in [0.15, 0.2) is 11.6 Å². The Balaban J connectivity index is 2.74. The smallest absolute Gasteiger partial charge is 0.161 e. The molecule has 2 rings (SSSR count). The Morgan fingerprint density at radius 3 is 2.59 bits per heavy atom. The summed E-state index contributed by atoms with van der Waals surface area (Å²) in [5.41, 5.74) is 6.70. The van der Waals surface area contributed by atoms with E-state index in [2.05, 4.69) is 4.98 Å². The van der Waals surface area contributed by atoms with E-state index in [4.69, 9.17) is 5.73 Å². The third-order valence-corrected chi connectivity index (χ3v) is 2.90. The van der Waals surface area contributed by atoms with Crippen LogP contribution in [-0.2, 0) is 6.42 Å². The Hall–Kier alpha value is -1.49. The van der Waals surface area contributed by atoms with Crippen LogP contribution in [0.1, 0.15) is 25.7 Å². The molecule has 0 radical (unpaired) electrons. The minimum atomic E-state index is -0.870. The summed E-state index contributed by atoms with van der Waals surface area (Å²) in [4.78, 5) is 4.30. The first-order chi connectivity index (χ1) is 8.08. The summed E-state index contributed by atoms with van der Waals surface area (Å²) in [5.74, 6) is -0.932. The fourth-order valence-corrected chi connectivity index (χ4v) is 1.99. The number of benzene rings is 1. The van der Waals surface area contributed by atoms with Crippen LogP contribution in [0.3, 0.4) is 0 Å². The molecule has 0 aliphatic rings. The van der Waals surface area contributed by atoms with E-state index in [1.54, 1.807) is 0 Å². The molecular weight excluding hydrogens is 224 g/mol. The van der Waals surface area contributed by atoms with Gasteiger partial charge in [-0.3, -0.25) is 0 Å². The number of aromatic nitrogens is 2. The van der Waals surface area contributed by atoms with Gasteiger partial charge in [-0.1, -0.05) is 6.92 Å². The van der Waals surface area contributed by atoms with Gasteiger partial charge in [0.1, 0.15) is 5.82 Å². The number of aryl methyl sites for hydroxylation is 1. The molecule has 1 atom stereocenters. The first kappa shape index (κ1) is 12.0. The number of nitrogens with two attached hydrogens (primary N) is 1. The van der Waals surface area contributed by atoms with Crippen LogP contribution in [0.15, 0.2) is 12.1 Å². The summed E-state index contributed by atoms with van der Waals surface area (Å²) < 4.78 is 28.3. The van der Waals surface area contributed by atoms with Crippen molar-refractivity contribution in [2.45, 2.75) is 26.3 Å². The lowest BCUT2D eigenvalue weighted by atomic mass is 10.2. The van der Waals surface area contributed by atoms with Crippen LogP contribution in [0.2, 0.25) is 0 Å². The van der Waals surface area contributed by atoms with Crippen molar-refractivity contribution >= 4 is 11.0 Å². The molecule has 0 aliphatic heterocycles. The highest BCUT2D eigenvalue weighted by atomic mass is 19.2. The lowest BCUT2D eigenvalue weighted by Crippen LogP contribution is -2.18. The summed E-state index contributed by atoms with van der Waals surface area (Å²) >= 11 is 0. The standard InChI is InChI=1S/C12H15F2N3/c1-3-12-16-10-4-8(13)9(14)5-11(10)17(12)7(2)6-15/h4-5,7H,3,6,15H2,1-2H3. The molecule has 1 aromatic heterocycles. The van der Waals surface area contributed by atoms with Crippen LogP contribution < -0.4 is 5.73 Å². The molecule has 1 unspecified atom stereocenters. The molecule has 0 saturated carbocycles. The van der Waals surface area contributed by atoms with Gasteiger partial charge in [-0.25, -0.2) is 13.8 Å². The molecule has 0 fully saturated rings. The lowest BCUT2D eigenvalue weighted by Gasteiger charge is -2.14. The summed E-state index contributed by atoms with van der Waals surface area (Å²) in [6.45, 7) is 4.31. The molecule has 0 spiro atoms. The first-order valence-electron chi connectivity index (χ1n) is 5.64. The Morgan fingerprint density at radius 2 is 2.00 bits per heavy atom. The quantitative estimate of drug-likeness (QED) is 0.893. The van der Waals surface area contributed by atoms with Gasteiger partial charge in [0, 0.05) is 31.1 Å². The average Bonchev–Trinajstić information content (AvgIpc) is 2.66. The Labute approximate surface area is 98.2 Å². The fourth-order valence-electron chi connectivity index (χ4n) is 1.99. The largest absolute Gasteiger partial charge is 0.328 e. The molecule has 0 saturated heterocycles. The minimum Gasteiger partial charge on any atom is -0.328 e. The van der Waals surface area contributed by atoms with Crippen LogP contribution >= 0.6 is 0 Å². The molecule has 92 valence electrons. The van der Waals surface area contributed by atoms with E-state index >= 15 is 0 Å². The van der Waals surface area contributed by atoms with E-state index in [1.807, 2.05) is 18.4 Å². The van der Waals surface area contributed by atoms with E-state index in [-0.39, 0.29) is 6.04 Å². The lowest BCUT2D eigenvalue weighted by molar-refractivity contribution is 0.508. The van der Waals surface area contributed by atoms with Gasteiger partial charge in [-0.2, -0.15) is 0 Å². The molecule has 2 N–H and O–H groups in total. The average molecular weight is 239 g/mol. The zero-order chi connectivity index (χ0) is 12.6. The normalized spacial score (nSPS) is 13.2. The number of fused-ring (bicyclic) bond motifs is 1. The number of hydrogen-bond acceptors (Lipinski definition) is 2. The predicted molar refractivity (Wildman–Crippen MR) is 62.8 cm³/mol. The molecule has 0 aliphatic carbocycles. The number of rotatable bonds is 3. The predicted octanol–water partition coefficient (Wildman–Crippen LogP) is 2.40. The molecule has 2 aromatic rings. The van der Waals surface area contributed by atoms with Crippen LogP contribution in [0.4, 0.5) is 8.78 Å². The van der Waals surface area contributed by atoms with Crippen molar-refractivity contribution in [3.8, 4) is 0 Å². The van der Waals surface area contributed by atoms with Gasteiger partial charge in [-0.05, 0) is 6.92 Å². The highest BCUT2D eigenvalue weighted by molar-refractivity contribution is 5.76. The molecule has 1 aromatic carbocycles. The third kappa shape index (κ3) is 1.91. The Morgan fingerprint density at radius 1 is 1.35 bits per heavy atom. The second kappa shape index (κ2) is 4.41. The molecule has 0 bridgehead atoms. The van der Waals surface area contributed by atoms with Crippen molar-refractivity contribution < 1.29 is 8.78 Å². The SMILES string of the molecule is CCc1nc2cc(F)c(F)cc2n1C(C)CN. The van der Waals surface area contributed by atoms with Crippen LogP contribution in [-0.4, -0.2) is 16.1 Å². The van der Waals surface area contributed by atoms with Crippen molar-refractivity contribution in [2.24, 2.45) is 5.73 Å². The highest BCUT2D eigenvalue weighted by Crippen LogP contribution is 2.23. The maximum atomic E-state index is 13.3. The second-order valence-corrected chi connectivity index (χ2v) is 4.09. The number of halogens is 2. The fraction of sp³-hybridized carbons (Fsp3) is 0.417. The van der Waals surface area contributed by atoms with Crippen molar-refractivity contribution in [2.75, 3.05) is 6.54 Å². The summed E-state index contributed by atoms with van der Waals surface area (Å²) in [5, 5.41) is 0. The zero-order valence-electron chi connectivity index (χ0n) is 9.87. The van der Waals surface area contributed by atoms with Gasteiger partial charge in [0.25, 0.3) is 0 Å². The number of imidazole rings is 1. The molecule has 1 heterocycles. The monoisotopic (exact) mass is 239 g/mol. The van der Waals surface area contributed by atoms with E-state index in [9.17, 15) is 8.78 Å². The minimum absolute atomic E-state index is 0.0137. The molecular formula is C12H15F2N3. The number of nitrogens with zero attached hydrogens (tertiary/aromatic N) is 2. The van der Waals surface area contributed by atoms with Gasteiger partial charge in [0.05, 0.1) is 11.0 Å². The van der Waals surface area contributed by atoms with E-state index in [1.165, 1.54) is 6.07 Å².